The first kappa shape index (κ1) is 18.6. The van der Waals surface area contributed by atoms with Gasteiger partial charge >= 0.3 is 5.97 Å². The topological polar surface area (TPSA) is 142 Å². The number of rotatable bonds is 6. The molecule has 0 bridgehead atoms. The van der Waals surface area contributed by atoms with Crippen LogP contribution in [0.5, 0.6) is 0 Å². The molecule has 0 aromatic heterocycles. The number of hydrogen-bond donors (Lipinski definition) is 2. The standard InChI is InChI=1S/C17H15N3O6/c1-10(16(22)19-13-6-2-11(3-7-13)15(18)21)26-17(23)12-4-8-14(9-5-12)20(24)25/h2-10H,1H3,(H2,18,21)(H,19,22)/t10-/m1/s1. The number of nitrogens with two attached hydrogens (primary N) is 1. The van der Waals surface area contributed by atoms with Crippen LogP contribution in [0.1, 0.15) is 27.6 Å². The minimum atomic E-state index is -1.10. The van der Waals surface area contributed by atoms with E-state index in [-0.39, 0.29) is 11.3 Å². The summed E-state index contributed by atoms with van der Waals surface area (Å²) in [5, 5.41) is 13.1. The van der Waals surface area contributed by atoms with Crippen molar-refractivity contribution in [3.05, 3.63) is 69.8 Å². The lowest BCUT2D eigenvalue weighted by Gasteiger charge is -2.13. The number of ether oxygens (including phenoxy) is 1. The van der Waals surface area contributed by atoms with Crippen molar-refractivity contribution in [1.82, 2.24) is 0 Å². The lowest BCUT2D eigenvalue weighted by molar-refractivity contribution is -0.384. The molecule has 134 valence electrons. The summed E-state index contributed by atoms with van der Waals surface area (Å²) >= 11 is 0. The maximum atomic E-state index is 12.1. The molecule has 2 rings (SSSR count). The van der Waals surface area contributed by atoms with Gasteiger partial charge in [0.15, 0.2) is 6.10 Å². The summed E-state index contributed by atoms with van der Waals surface area (Å²) in [6, 6.07) is 10.7. The third-order valence-electron chi connectivity index (χ3n) is 3.40. The van der Waals surface area contributed by atoms with Crippen LogP contribution in [-0.4, -0.2) is 28.8 Å². The largest absolute Gasteiger partial charge is 0.449 e. The number of nitro groups is 1. The Kier molecular flexibility index (Phi) is 5.63. The van der Waals surface area contributed by atoms with Crippen LogP contribution in [0.25, 0.3) is 0 Å². The van der Waals surface area contributed by atoms with Crippen LogP contribution in [0.2, 0.25) is 0 Å². The van der Waals surface area contributed by atoms with Gasteiger partial charge in [-0.1, -0.05) is 0 Å². The zero-order valence-electron chi connectivity index (χ0n) is 13.7. The Balaban J connectivity index is 1.96. The molecule has 9 heteroatoms. The van der Waals surface area contributed by atoms with E-state index in [0.29, 0.717) is 11.3 Å². The summed E-state index contributed by atoms with van der Waals surface area (Å²) < 4.78 is 5.04. The first-order valence-corrected chi connectivity index (χ1v) is 7.44. The Morgan fingerprint density at radius 2 is 1.58 bits per heavy atom. The molecule has 0 heterocycles. The van der Waals surface area contributed by atoms with Gasteiger partial charge < -0.3 is 15.8 Å². The van der Waals surface area contributed by atoms with Crippen molar-refractivity contribution in [2.75, 3.05) is 5.32 Å². The highest BCUT2D eigenvalue weighted by Crippen LogP contribution is 2.14. The van der Waals surface area contributed by atoms with Crippen LogP contribution in [0.4, 0.5) is 11.4 Å². The summed E-state index contributed by atoms with van der Waals surface area (Å²) in [6.07, 6.45) is -1.10. The molecule has 2 amide bonds. The Labute approximate surface area is 147 Å². The van der Waals surface area contributed by atoms with Crippen molar-refractivity contribution in [3.8, 4) is 0 Å². The molecule has 0 saturated carbocycles. The van der Waals surface area contributed by atoms with Crippen LogP contribution in [-0.2, 0) is 9.53 Å². The molecule has 0 aliphatic rings. The average Bonchev–Trinajstić information content (AvgIpc) is 2.62. The van der Waals surface area contributed by atoms with E-state index >= 15 is 0 Å². The number of nitro benzene ring substituents is 1. The molecule has 0 radical (unpaired) electrons. The molecule has 26 heavy (non-hydrogen) atoms. The zero-order chi connectivity index (χ0) is 19.3. The summed E-state index contributed by atoms with van der Waals surface area (Å²) in [4.78, 5) is 45.1. The number of anilines is 1. The first-order chi connectivity index (χ1) is 12.3. The van der Waals surface area contributed by atoms with Gasteiger partial charge in [-0.25, -0.2) is 4.79 Å². The first-order valence-electron chi connectivity index (χ1n) is 7.44. The highest BCUT2D eigenvalue weighted by molar-refractivity contribution is 5.98. The van der Waals surface area contributed by atoms with E-state index in [4.69, 9.17) is 10.5 Å². The van der Waals surface area contributed by atoms with Gasteiger partial charge in [-0.3, -0.25) is 19.7 Å². The minimum Gasteiger partial charge on any atom is -0.449 e. The van der Waals surface area contributed by atoms with Crippen LogP contribution >= 0.6 is 0 Å². The molecule has 2 aromatic rings. The maximum absolute atomic E-state index is 12.1. The number of esters is 1. The fourth-order valence-electron chi connectivity index (χ4n) is 1.96. The van der Waals surface area contributed by atoms with Crippen molar-refractivity contribution in [2.45, 2.75) is 13.0 Å². The van der Waals surface area contributed by atoms with E-state index < -0.39 is 28.8 Å². The average molecular weight is 357 g/mol. The van der Waals surface area contributed by atoms with Crippen molar-refractivity contribution >= 4 is 29.2 Å². The van der Waals surface area contributed by atoms with Crippen molar-refractivity contribution in [2.24, 2.45) is 5.73 Å². The summed E-state index contributed by atoms with van der Waals surface area (Å²) in [6.45, 7) is 1.39. The number of hydrogen-bond acceptors (Lipinski definition) is 6. The molecular weight excluding hydrogens is 342 g/mol. The zero-order valence-corrected chi connectivity index (χ0v) is 13.7. The molecule has 9 nitrogen and oxygen atoms in total. The van der Waals surface area contributed by atoms with E-state index in [1.54, 1.807) is 0 Å². The van der Waals surface area contributed by atoms with Crippen molar-refractivity contribution in [3.63, 3.8) is 0 Å². The van der Waals surface area contributed by atoms with Crippen LogP contribution in [0.15, 0.2) is 48.5 Å². The molecule has 0 saturated heterocycles. The second kappa shape index (κ2) is 7.88. The summed E-state index contributed by atoms with van der Waals surface area (Å²) in [7, 11) is 0. The Bertz CT molecular complexity index is 846. The van der Waals surface area contributed by atoms with Gasteiger partial charge in [-0.2, -0.15) is 0 Å². The second-order valence-corrected chi connectivity index (χ2v) is 5.28. The number of nitrogens with zero attached hydrogens (tertiary/aromatic N) is 1. The fraction of sp³-hybridized carbons (Fsp3) is 0.118. The summed E-state index contributed by atoms with van der Waals surface area (Å²) in [5.74, 6) is -1.95. The number of non-ortho nitro benzene ring substituents is 1. The molecule has 1 atom stereocenters. The van der Waals surface area contributed by atoms with Crippen molar-refractivity contribution in [1.29, 1.82) is 0 Å². The van der Waals surface area contributed by atoms with Crippen LogP contribution in [0.3, 0.4) is 0 Å². The Morgan fingerprint density at radius 3 is 2.08 bits per heavy atom. The van der Waals surface area contributed by atoms with Gasteiger partial charge in [0.1, 0.15) is 0 Å². The number of primary amides is 1. The number of amides is 2. The van der Waals surface area contributed by atoms with E-state index in [2.05, 4.69) is 5.32 Å². The highest BCUT2D eigenvalue weighted by Gasteiger charge is 2.19. The lowest BCUT2D eigenvalue weighted by Crippen LogP contribution is -2.30. The molecule has 0 fully saturated rings. The predicted octanol–water partition coefficient (Wildman–Crippen LogP) is 1.88. The number of benzene rings is 2. The summed E-state index contributed by atoms with van der Waals surface area (Å²) in [5.41, 5.74) is 5.75. The van der Waals surface area contributed by atoms with Gasteiger partial charge in [0.25, 0.3) is 11.6 Å². The van der Waals surface area contributed by atoms with E-state index in [1.165, 1.54) is 55.5 Å². The van der Waals surface area contributed by atoms with Gasteiger partial charge in [-0.05, 0) is 43.3 Å². The highest BCUT2D eigenvalue weighted by atomic mass is 16.6. The maximum Gasteiger partial charge on any atom is 0.338 e. The van der Waals surface area contributed by atoms with E-state index in [0.717, 1.165) is 0 Å². The van der Waals surface area contributed by atoms with Crippen LogP contribution < -0.4 is 11.1 Å². The van der Waals surface area contributed by atoms with Gasteiger partial charge in [-0.15, -0.1) is 0 Å². The molecule has 2 aromatic carbocycles. The normalized spacial score (nSPS) is 11.3. The monoisotopic (exact) mass is 357 g/mol. The molecule has 0 aliphatic carbocycles. The third kappa shape index (κ3) is 4.63. The van der Waals surface area contributed by atoms with Gasteiger partial charge in [0.05, 0.1) is 10.5 Å². The SMILES string of the molecule is C[C@@H](OC(=O)c1ccc([N+](=O)[O-])cc1)C(=O)Nc1ccc(C(N)=O)cc1. The molecular formula is C17H15N3O6. The van der Waals surface area contributed by atoms with Crippen LogP contribution in [0, 0.1) is 10.1 Å². The minimum absolute atomic E-state index is 0.0843. The van der Waals surface area contributed by atoms with Gasteiger partial charge in [0.2, 0.25) is 5.91 Å². The molecule has 3 N–H and O–H groups in total. The molecule has 0 aliphatic heterocycles. The van der Waals surface area contributed by atoms with E-state index in [9.17, 15) is 24.5 Å². The second-order valence-electron chi connectivity index (χ2n) is 5.28. The number of carbonyl (C=O) groups is 3. The Hall–Kier alpha value is -3.75. The van der Waals surface area contributed by atoms with Gasteiger partial charge in [0, 0.05) is 23.4 Å². The molecule has 0 unspecified atom stereocenters. The predicted molar refractivity (Wildman–Crippen MR) is 91.6 cm³/mol. The fourth-order valence-corrected chi connectivity index (χ4v) is 1.96. The Morgan fingerprint density at radius 1 is 1.04 bits per heavy atom. The van der Waals surface area contributed by atoms with Crippen molar-refractivity contribution < 1.29 is 24.0 Å². The smallest absolute Gasteiger partial charge is 0.338 e. The number of carbonyl (C=O) groups excluding carboxylic acids is 3. The lowest BCUT2D eigenvalue weighted by atomic mass is 10.2. The third-order valence-corrected chi connectivity index (χ3v) is 3.40. The van der Waals surface area contributed by atoms with E-state index in [1.807, 2.05) is 0 Å². The number of nitrogens with one attached hydrogen (secondary N) is 1. The molecule has 0 spiro atoms. The quantitative estimate of drug-likeness (QED) is 0.459.